The Morgan fingerprint density at radius 1 is 1.03 bits per heavy atom. The van der Waals surface area contributed by atoms with E-state index in [9.17, 15) is 10.2 Å². The number of halogens is 1. The number of aliphatic hydroxyl groups is 1. The van der Waals surface area contributed by atoms with Crippen LogP contribution < -0.4 is 4.74 Å². The minimum absolute atomic E-state index is 0.0417. The summed E-state index contributed by atoms with van der Waals surface area (Å²) in [6, 6.07) is 1.74. The number of benzene rings is 1. The van der Waals surface area contributed by atoms with E-state index in [0.29, 0.717) is 22.8 Å². The highest BCUT2D eigenvalue weighted by molar-refractivity contribution is 6.33. The van der Waals surface area contributed by atoms with E-state index < -0.39 is 0 Å². The second-order valence-corrected chi connectivity index (χ2v) is 12.8. The number of ether oxygens (including phenoxy) is 1. The summed E-state index contributed by atoms with van der Waals surface area (Å²) in [5.41, 5.74) is 2.13. The van der Waals surface area contributed by atoms with E-state index in [-0.39, 0.29) is 33.7 Å². The lowest BCUT2D eigenvalue weighted by atomic mass is 9.37. The molecule has 1 heterocycles. The van der Waals surface area contributed by atoms with Gasteiger partial charge in [0.1, 0.15) is 17.1 Å². The van der Waals surface area contributed by atoms with Crippen molar-refractivity contribution in [3.8, 4) is 11.5 Å². The molecule has 3 aliphatic carbocycles. The average molecular weight is 447 g/mol. The van der Waals surface area contributed by atoms with Gasteiger partial charge >= 0.3 is 0 Å². The van der Waals surface area contributed by atoms with Crippen molar-refractivity contribution in [2.24, 2.45) is 34.0 Å². The maximum Gasteiger partial charge on any atom is 0.138 e. The van der Waals surface area contributed by atoms with E-state index in [1.807, 2.05) is 6.92 Å². The van der Waals surface area contributed by atoms with Gasteiger partial charge in [0, 0.05) is 23.5 Å². The zero-order valence-corrected chi connectivity index (χ0v) is 20.8. The van der Waals surface area contributed by atoms with Gasteiger partial charge in [-0.2, -0.15) is 0 Å². The molecule has 4 aliphatic rings. The second kappa shape index (κ2) is 6.56. The smallest absolute Gasteiger partial charge is 0.138 e. The molecule has 4 heteroatoms. The van der Waals surface area contributed by atoms with Crippen LogP contribution in [0.15, 0.2) is 6.07 Å². The molecule has 3 fully saturated rings. The fraction of sp³-hybridized carbons (Fsp3) is 0.778. The molecule has 3 saturated carbocycles. The van der Waals surface area contributed by atoms with Crippen molar-refractivity contribution in [2.45, 2.75) is 98.2 Å². The summed E-state index contributed by atoms with van der Waals surface area (Å²) >= 11 is 6.43. The zero-order valence-electron chi connectivity index (χ0n) is 20.0. The fourth-order valence-corrected chi connectivity index (χ4v) is 9.26. The third-order valence-corrected chi connectivity index (χ3v) is 11.5. The van der Waals surface area contributed by atoms with E-state index >= 15 is 0 Å². The van der Waals surface area contributed by atoms with Crippen molar-refractivity contribution in [1.82, 2.24) is 0 Å². The summed E-state index contributed by atoms with van der Waals surface area (Å²) in [5, 5.41) is 21.7. The maximum absolute atomic E-state index is 10.8. The molecule has 3 nitrogen and oxygen atoms in total. The van der Waals surface area contributed by atoms with Crippen LogP contribution in [0.4, 0.5) is 0 Å². The van der Waals surface area contributed by atoms with Crippen molar-refractivity contribution in [1.29, 1.82) is 0 Å². The normalized spacial score (nSPS) is 45.5. The molecule has 172 valence electrons. The van der Waals surface area contributed by atoms with Crippen LogP contribution in [0.1, 0.15) is 84.3 Å². The monoisotopic (exact) mass is 446 g/mol. The number of hydrogen-bond donors (Lipinski definition) is 2. The van der Waals surface area contributed by atoms with Crippen LogP contribution in [0.25, 0.3) is 0 Å². The molecular formula is C27H39ClO3. The quantitative estimate of drug-likeness (QED) is 0.467. The van der Waals surface area contributed by atoms with Gasteiger partial charge < -0.3 is 14.9 Å². The van der Waals surface area contributed by atoms with Gasteiger partial charge in [-0.1, -0.05) is 46.2 Å². The molecule has 7 atom stereocenters. The van der Waals surface area contributed by atoms with Crippen molar-refractivity contribution in [2.75, 3.05) is 0 Å². The minimum Gasteiger partial charge on any atom is -0.506 e. The predicted molar refractivity (Wildman–Crippen MR) is 125 cm³/mol. The summed E-state index contributed by atoms with van der Waals surface area (Å²) < 4.78 is 6.97. The molecule has 0 bridgehead atoms. The Balaban J connectivity index is 1.60. The lowest BCUT2D eigenvalue weighted by molar-refractivity contribution is -0.238. The molecule has 1 aromatic rings. The molecule has 1 spiro atoms. The Kier molecular flexibility index (Phi) is 4.64. The van der Waals surface area contributed by atoms with Crippen LogP contribution in [-0.2, 0) is 6.42 Å². The Hall–Kier alpha value is -0.930. The SMILES string of the molecule is Cc1c(Cl)c(O)cc2c1C[C@@]1(O2)[C@@H](C)CC[C@@H]2[C@@]3(C)CC[C@H](O)C(C)(C)[C@@H]3CC[C@]21C. The Morgan fingerprint density at radius 2 is 1.74 bits per heavy atom. The summed E-state index contributed by atoms with van der Waals surface area (Å²) in [6.45, 7) is 14.0. The molecule has 1 aliphatic heterocycles. The van der Waals surface area contributed by atoms with Crippen molar-refractivity contribution >= 4 is 11.6 Å². The first kappa shape index (κ1) is 21.9. The standard InChI is InChI=1S/C27H39ClO3/c1-15-7-8-21-25(5)11-10-22(30)24(3,4)20(25)9-12-26(21,6)27(15)14-17-16(2)23(28)18(29)13-19(17)31-27/h13,15,20-22,29-30H,7-12,14H2,1-6H3/t15-,20-,21+,22-,25-,26+,27+/m0/s1. The third-order valence-electron chi connectivity index (χ3n) is 11.0. The molecule has 0 amide bonds. The van der Waals surface area contributed by atoms with Gasteiger partial charge in [-0.15, -0.1) is 0 Å². The van der Waals surface area contributed by atoms with Crippen LogP contribution in [0.5, 0.6) is 11.5 Å². The van der Waals surface area contributed by atoms with Crippen LogP contribution in [-0.4, -0.2) is 21.9 Å². The Labute approximate surface area is 192 Å². The number of aliphatic hydroxyl groups excluding tert-OH is 1. The van der Waals surface area contributed by atoms with Crippen molar-refractivity contribution in [3.05, 3.63) is 22.2 Å². The largest absolute Gasteiger partial charge is 0.506 e. The van der Waals surface area contributed by atoms with E-state index in [4.69, 9.17) is 16.3 Å². The highest BCUT2D eigenvalue weighted by Crippen LogP contribution is 2.72. The van der Waals surface area contributed by atoms with Gasteiger partial charge in [0.15, 0.2) is 0 Å². The average Bonchev–Trinajstić information content (AvgIpc) is 3.09. The first-order valence-electron chi connectivity index (χ1n) is 12.3. The molecule has 0 aromatic heterocycles. The summed E-state index contributed by atoms with van der Waals surface area (Å²) in [6.07, 6.45) is 7.37. The van der Waals surface area contributed by atoms with Gasteiger partial charge in [-0.25, -0.2) is 0 Å². The number of hydrogen-bond acceptors (Lipinski definition) is 3. The number of aromatic hydroxyl groups is 1. The van der Waals surface area contributed by atoms with E-state index in [1.54, 1.807) is 6.07 Å². The summed E-state index contributed by atoms with van der Waals surface area (Å²) in [7, 11) is 0. The topological polar surface area (TPSA) is 49.7 Å². The molecule has 0 saturated heterocycles. The van der Waals surface area contributed by atoms with Gasteiger partial charge in [-0.05, 0) is 79.6 Å². The number of fused-ring (bicyclic) bond motifs is 5. The van der Waals surface area contributed by atoms with Gasteiger partial charge in [0.2, 0.25) is 0 Å². The van der Waals surface area contributed by atoms with Crippen LogP contribution in [0.2, 0.25) is 5.02 Å². The van der Waals surface area contributed by atoms with E-state index in [0.717, 1.165) is 49.8 Å². The highest BCUT2D eigenvalue weighted by Gasteiger charge is 2.69. The van der Waals surface area contributed by atoms with Gasteiger partial charge in [-0.3, -0.25) is 0 Å². The second-order valence-electron chi connectivity index (χ2n) is 12.4. The minimum atomic E-state index is -0.256. The Bertz CT molecular complexity index is 926. The molecule has 2 N–H and O–H groups in total. The van der Waals surface area contributed by atoms with Crippen molar-refractivity contribution < 1.29 is 14.9 Å². The summed E-state index contributed by atoms with van der Waals surface area (Å²) in [5.74, 6) is 2.51. The van der Waals surface area contributed by atoms with Gasteiger partial charge in [0.25, 0.3) is 0 Å². The lowest BCUT2D eigenvalue weighted by Gasteiger charge is -2.69. The fourth-order valence-electron chi connectivity index (χ4n) is 9.09. The maximum atomic E-state index is 10.8. The number of phenols is 1. The first-order valence-corrected chi connectivity index (χ1v) is 12.6. The molecule has 1 aromatic carbocycles. The number of rotatable bonds is 0. The third kappa shape index (κ3) is 2.57. The molecule has 0 unspecified atom stereocenters. The van der Waals surface area contributed by atoms with Crippen LogP contribution >= 0.6 is 11.6 Å². The van der Waals surface area contributed by atoms with Crippen LogP contribution in [0, 0.1) is 40.9 Å². The highest BCUT2D eigenvalue weighted by atomic mass is 35.5. The van der Waals surface area contributed by atoms with E-state index in [1.165, 1.54) is 12.0 Å². The zero-order chi connectivity index (χ0) is 22.6. The number of phenolic OH excluding ortho intramolecular Hbond substituents is 1. The molecule has 5 rings (SSSR count). The van der Waals surface area contributed by atoms with Gasteiger partial charge in [0.05, 0.1) is 11.1 Å². The molecular weight excluding hydrogens is 408 g/mol. The van der Waals surface area contributed by atoms with Crippen LogP contribution in [0.3, 0.4) is 0 Å². The van der Waals surface area contributed by atoms with Crippen molar-refractivity contribution in [3.63, 3.8) is 0 Å². The van der Waals surface area contributed by atoms with E-state index in [2.05, 4.69) is 34.6 Å². The summed E-state index contributed by atoms with van der Waals surface area (Å²) in [4.78, 5) is 0. The first-order chi connectivity index (χ1) is 14.4. The molecule has 31 heavy (non-hydrogen) atoms. The Morgan fingerprint density at radius 3 is 2.45 bits per heavy atom. The lowest BCUT2D eigenvalue weighted by Crippen LogP contribution is -2.68. The predicted octanol–water partition coefficient (Wildman–Crippen LogP) is 6.68. The molecule has 0 radical (unpaired) electrons.